The number of benzene rings is 2. The summed E-state index contributed by atoms with van der Waals surface area (Å²) < 4.78 is 2.04. The third kappa shape index (κ3) is 3.65. The van der Waals surface area contributed by atoms with E-state index < -0.39 is 0 Å². The average molecular weight is 425 g/mol. The predicted octanol–water partition coefficient (Wildman–Crippen LogP) is -2.72. The number of halogens is 1. The van der Waals surface area contributed by atoms with Crippen LogP contribution < -0.4 is 27.2 Å². The summed E-state index contributed by atoms with van der Waals surface area (Å²) in [6.45, 7) is 1.97. The topological polar surface area (TPSA) is 72.7 Å². The second kappa shape index (κ2) is 7.93. The number of carbonyl (C=O) groups excluding carboxylic acids is 1. The van der Waals surface area contributed by atoms with Gasteiger partial charge in [0.05, 0.1) is 17.4 Å². The monoisotopic (exact) mass is 425 g/mol. The van der Waals surface area contributed by atoms with Gasteiger partial charge < -0.3 is 9.88 Å². The molecular weight excluding hydrogens is 405 g/mol. The molecule has 31 heavy (non-hydrogen) atoms. The second-order valence-electron chi connectivity index (χ2n) is 7.90. The lowest BCUT2D eigenvalue weighted by Crippen LogP contribution is -2.47. The molecule has 0 radical (unpaired) electrons. The highest BCUT2D eigenvalue weighted by molar-refractivity contribution is 6.65. The molecule has 2 heterocycles. The van der Waals surface area contributed by atoms with E-state index in [1.54, 1.807) is 0 Å². The number of aryl methyl sites for hydroxylation is 1. The van der Waals surface area contributed by atoms with Crippen molar-refractivity contribution in [3.8, 4) is 11.3 Å². The number of hydrogen-bond donors (Lipinski definition) is 1. The van der Waals surface area contributed by atoms with Gasteiger partial charge in [0.15, 0.2) is 5.82 Å². The van der Waals surface area contributed by atoms with E-state index >= 15 is 0 Å². The first-order chi connectivity index (χ1) is 14.7. The van der Waals surface area contributed by atoms with Crippen molar-refractivity contribution in [2.45, 2.75) is 6.92 Å². The molecule has 2 aromatic heterocycles. The fourth-order valence-corrected chi connectivity index (χ4v) is 4.11. The first-order valence-corrected chi connectivity index (χ1v) is 10.4. The van der Waals surface area contributed by atoms with Crippen molar-refractivity contribution in [3.63, 3.8) is 0 Å². The van der Waals surface area contributed by atoms with Gasteiger partial charge in [-0.25, -0.2) is 4.98 Å². The lowest BCUT2D eigenvalue weighted by Gasteiger charge is -2.18. The third-order valence-electron chi connectivity index (χ3n) is 6.10. The Balaban J connectivity index is 1.71. The van der Waals surface area contributed by atoms with Crippen LogP contribution in [0, 0.1) is 6.92 Å². The van der Waals surface area contributed by atoms with Crippen LogP contribution in [0.1, 0.15) is 16.2 Å². The molecule has 0 fully saturated rings. The van der Waals surface area contributed by atoms with Gasteiger partial charge in [-0.3, -0.25) is 4.79 Å². The molecule has 0 aliphatic rings. The summed E-state index contributed by atoms with van der Waals surface area (Å²) in [6, 6.07) is 7.79. The number of anilines is 1. The van der Waals surface area contributed by atoms with E-state index in [9.17, 15) is 4.79 Å². The predicted molar refractivity (Wildman–Crippen MR) is 139 cm³/mol. The number of aromatic nitrogens is 4. The van der Waals surface area contributed by atoms with Crippen LogP contribution in [0.2, 0.25) is 5.02 Å². The normalized spacial score (nSPS) is 11.1. The van der Waals surface area contributed by atoms with E-state index in [0.29, 0.717) is 16.4 Å². The molecule has 4 aromatic rings. The van der Waals surface area contributed by atoms with E-state index in [1.807, 2.05) is 80.4 Å². The van der Waals surface area contributed by atoms with E-state index in [0.717, 1.165) is 49.8 Å². The molecule has 0 atom stereocenters. The molecule has 1 amide bonds. The van der Waals surface area contributed by atoms with Crippen molar-refractivity contribution in [1.29, 1.82) is 0 Å². The summed E-state index contributed by atoms with van der Waals surface area (Å²) in [5.41, 5.74) is 6.98. The van der Waals surface area contributed by atoms with Crippen LogP contribution in [0.4, 0.5) is 5.82 Å². The summed E-state index contributed by atoms with van der Waals surface area (Å²) in [5.74, 6) is 1.13. The molecule has 2 aromatic carbocycles. The molecule has 0 bridgehead atoms. The maximum atomic E-state index is 13.1. The summed E-state index contributed by atoms with van der Waals surface area (Å²) in [6.07, 6.45) is 1.85. The van der Waals surface area contributed by atoms with Crippen molar-refractivity contribution >= 4 is 87.5 Å². The highest BCUT2D eigenvalue weighted by Gasteiger charge is 2.19. The minimum atomic E-state index is -0.218. The number of nitrogens with one attached hydrogen (secondary N) is 1. The Morgan fingerprint density at radius 1 is 1.03 bits per heavy atom. The lowest BCUT2D eigenvalue weighted by molar-refractivity contribution is 0.102. The van der Waals surface area contributed by atoms with Gasteiger partial charge in [-0.05, 0) is 25.1 Å². The van der Waals surface area contributed by atoms with E-state index in [4.69, 9.17) is 11.6 Å². The minimum absolute atomic E-state index is 0.218. The molecule has 0 saturated heterocycles. The first kappa shape index (κ1) is 21.2. The number of fused-ring (bicyclic) bond motifs is 1. The number of hydrogen-bond acceptors (Lipinski definition) is 4. The quantitative estimate of drug-likeness (QED) is 0.363. The molecule has 6 nitrogen and oxygen atoms in total. The van der Waals surface area contributed by atoms with Gasteiger partial charge in [0.2, 0.25) is 0 Å². The number of amides is 1. The van der Waals surface area contributed by atoms with E-state index in [2.05, 4.69) is 20.5 Å². The zero-order valence-electron chi connectivity index (χ0n) is 18.5. The van der Waals surface area contributed by atoms with Gasteiger partial charge in [-0.1, -0.05) is 39.5 Å². The van der Waals surface area contributed by atoms with Crippen molar-refractivity contribution < 1.29 is 4.79 Å². The van der Waals surface area contributed by atoms with Crippen LogP contribution in [0.25, 0.3) is 22.2 Å². The largest absolute Gasteiger partial charge is 0.331 e. The van der Waals surface area contributed by atoms with Crippen LogP contribution in [-0.4, -0.2) is 57.0 Å². The standard InChI is InChI=1S/C20H20B4ClN5O/c1-8-26-7-12(30(8)2)9-3-4-11-10(5-9)6-13(29-28-11)27-20(31)14-15(21)17(23)19(25)18(24)16(14)22/h3-7H,21-24H2,1-2H3,(H,27,29,31). The average Bonchev–Trinajstić information content (AvgIpc) is 3.09. The molecule has 150 valence electrons. The lowest BCUT2D eigenvalue weighted by atomic mass is 9.67. The Kier molecular flexibility index (Phi) is 5.43. The highest BCUT2D eigenvalue weighted by atomic mass is 35.5. The Bertz CT molecular complexity index is 1340. The van der Waals surface area contributed by atoms with E-state index in [-0.39, 0.29) is 5.91 Å². The minimum Gasteiger partial charge on any atom is -0.331 e. The smallest absolute Gasteiger partial charge is 0.255 e. The molecule has 0 aliphatic carbocycles. The Morgan fingerprint density at radius 3 is 2.32 bits per heavy atom. The molecule has 0 aliphatic heterocycles. The van der Waals surface area contributed by atoms with Crippen molar-refractivity contribution in [2.24, 2.45) is 7.05 Å². The zero-order valence-corrected chi connectivity index (χ0v) is 19.2. The van der Waals surface area contributed by atoms with Gasteiger partial charge >= 0.3 is 0 Å². The number of carbonyl (C=O) groups is 1. The molecule has 1 N–H and O–H groups in total. The molecule has 0 saturated carbocycles. The maximum absolute atomic E-state index is 13.1. The van der Waals surface area contributed by atoms with E-state index in [1.165, 1.54) is 0 Å². The second-order valence-corrected chi connectivity index (χ2v) is 8.27. The molecule has 0 unspecified atom stereocenters. The Hall–Kier alpha value is -2.99. The van der Waals surface area contributed by atoms with Crippen LogP contribution >= 0.6 is 11.6 Å². The van der Waals surface area contributed by atoms with Gasteiger partial charge in [-0.15, -0.1) is 10.2 Å². The Labute approximate surface area is 189 Å². The molecular formula is C20H20B4ClN5O. The van der Waals surface area contributed by atoms with Gasteiger partial charge in [0.1, 0.15) is 37.2 Å². The van der Waals surface area contributed by atoms with Crippen LogP contribution in [-0.2, 0) is 7.05 Å². The SMILES string of the molecule is Bc1c(B)c(C(=O)Nc2cc3cc(-c4cnc(C)n4C)ccc3nn2)c(B)c(B)c1Cl. The zero-order chi connectivity index (χ0) is 22.4. The molecule has 4 rings (SSSR count). The molecule has 0 spiro atoms. The fraction of sp³-hybridized carbons (Fsp3) is 0.100. The first-order valence-electron chi connectivity index (χ1n) is 10.0. The summed E-state index contributed by atoms with van der Waals surface area (Å²) in [5, 5.41) is 13.0. The van der Waals surface area contributed by atoms with Crippen LogP contribution in [0.5, 0.6) is 0 Å². The van der Waals surface area contributed by atoms with Crippen molar-refractivity contribution in [1.82, 2.24) is 19.7 Å². The Morgan fingerprint density at radius 2 is 1.71 bits per heavy atom. The van der Waals surface area contributed by atoms with Crippen LogP contribution in [0.15, 0.2) is 30.5 Å². The van der Waals surface area contributed by atoms with Gasteiger partial charge in [0.25, 0.3) is 5.91 Å². The summed E-state index contributed by atoms with van der Waals surface area (Å²) >= 11 is 6.41. The van der Waals surface area contributed by atoms with Crippen molar-refractivity contribution in [2.75, 3.05) is 5.32 Å². The molecule has 11 heteroatoms. The maximum Gasteiger partial charge on any atom is 0.255 e. The highest BCUT2D eigenvalue weighted by Crippen LogP contribution is 2.24. The van der Waals surface area contributed by atoms with Crippen LogP contribution in [0.3, 0.4) is 0 Å². The number of rotatable bonds is 3. The summed E-state index contributed by atoms with van der Waals surface area (Å²) in [4.78, 5) is 17.5. The third-order valence-corrected chi connectivity index (χ3v) is 6.67. The van der Waals surface area contributed by atoms with Gasteiger partial charge in [0, 0.05) is 28.6 Å². The van der Waals surface area contributed by atoms with Gasteiger partial charge in [-0.2, -0.15) is 0 Å². The van der Waals surface area contributed by atoms with Crippen molar-refractivity contribution in [3.05, 3.63) is 46.9 Å². The number of nitrogens with zero attached hydrogens (tertiary/aromatic N) is 4. The number of imidazole rings is 1. The summed E-state index contributed by atoms with van der Waals surface area (Å²) in [7, 11) is 9.67. The fourth-order valence-electron chi connectivity index (χ4n) is 3.82.